The quantitative estimate of drug-likeness (QED) is 0.810. The smallest absolute Gasteiger partial charge is 0.146 e. The lowest BCUT2D eigenvalue weighted by molar-refractivity contribution is 0.583. The molecule has 2 rings (SSSR count). The molecule has 1 saturated carbocycles. The molecule has 0 atom stereocenters. The minimum Gasteiger partial charge on any atom is -0.369 e. The molecule has 1 aliphatic rings. The van der Waals surface area contributed by atoms with Crippen LogP contribution in [0.3, 0.4) is 0 Å². The van der Waals surface area contributed by atoms with Crippen LogP contribution in [0, 0.1) is 11.7 Å². The summed E-state index contributed by atoms with van der Waals surface area (Å²) in [6.45, 7) is 8.91. The van der Waals surface area contributed by atoms with Crippen molar-refractivity contribution in [2.24, 2.45) is 5.92 Å². The highest BCUT2D eigenvalue weighted by Gasteiger charge is 2.20. The van der Waals surface area contributed by atoms with Gasteiger partial charge in [0.25, 0.3) is 0 Å². The van der Waals surface area contributed by atoms with Gasteiger partial charge in [-0.2, -0.15) is 0 Å². The van der Waals surface area contributed by atoms with Crippen LogP contribution in [0.2, 0.25) is 0 Å². The molecule has 106 valence electrons. The maximum absolute atomic E-state index is 14.2. The van der Waals surface area contributed by atoms with E-state index in [1.807, 2.05) is 12.1 Å². The van der Waals surface area contributed by atoms with E-state index in [0.717, 1.165) is 30.9 Å². The summed E-state index contributed by atoms with van der Waals surface area (Å²) in [5.41, 5.74) is 1.76. The maximum atomic E-state index is 14.2. The Morgan fingerprint density at radius 1 is 1.37 bits per heavy atom. The first-order chi connectivity index (χ1) is 9.10. The predicted octanol–water partition coefficient (Wildman–Crippen LogP) is 3.56. The van der Waals surface area contributed by atoms with Gasteiger partial charge in [0.1, 0.15) is 5.82 Å². The fourth-order valence-corrected chi connectivity index (χ4v) is 2.31. The van der Waals surface area contributed by atoms with Crippen LogP contribution in [0.5, 0.6) is 0 Å². The van der Waals surface area contributed by atoms with Crippen molar-refractivity contribution in [2.75, 3.05) is 18.0 Å². The third-order valence-corrected chi connectivity index (χ3v) is 3.49. The van der Waals surface area contributed by atoms with E-state index in [1.165, 1.54) is 12.8 Å². The molecule has 2 nitrogen and oxygen atoms in total. The topological polar surface area (TPSA) is 15.3 Å². The Morgan fingerprint density at radius 2 is 2.11 bits per heavy atom. The monoisotopic (exact) mass is 264 g/mol. The third-order valence-electron chi connectivity index (χ3n) is 3.49. The maximum Gasteiger partial charge on any atom is 0.146 e. The van der Waals surface area contributed by atoms with Gasteiger partial charge in [-0.3, -0.25) is 0 Å². The lowest BCUT2D eigenvalue weighted by Gasteiger charge is -2.25. The molecule has 0 aromatic heterocycles. The van der Waals surface area contributed by atoms with Crippen molar-refractivity contribution in [1.82, 2.24) is 5.32 Å². The zero-order valence-corrected chi connectivity index (χ0v) is 12.2. The number of nitrogens with zero attached hydrogens (tertiary/aromatic N) is 1. The van der Waals surface area contributed by atoms with Gasteiger partial charge >= 0.3 is 0 Å². The van der Waals surface area contributed by atoms with Crippen LogP contribution in [0.1, 0.15) is 39.2 Å². The van der Waals surface area contributed by atoms with Crippen LogP contribution in [0.25, 0.3) is 0 Å². The van der Waals surface area contributed by atoms with Gasteiger partial charge in [0.2, 0.25) is 0 Å². The van der Waals surface area contributed by atoms with Crippen molar-refractivity contribution < 1.29 is 4.39 Å². The SMILES string of the molecule is CCN(CC(C)C)c1ccc(CNC2CC2)cc1F. The Balaban J connectivity index is 2.03. The molecule has 3 heteroatoms. The second-order valence-electron chi connectivity index (χ2n) is 5.87. The largest absolute Gasteiger partial charge is 0.369 e. The first kappa shape index (κ1) is 14.3. The highest BCUT2D eigenvalue weighted by Crippen LogP contribution is 2.23. The van der Waals surface area contributed by atoms with Crippen molar-refractivity contribution in [1.29, 1.82) is 0 Å². The normalized spacial score (nSPS) is 15.0. The van der Waals surface area contributed by atoms with Gasteiger partial charge in [0, 0.05) is 25.7 Å². The van der Waals surface area contributed by atoms with Crippen LogP contribution in [0.15, 0.2) is 18.2 Å². The average molecular weight is 264 g/mol. The number of hydrogen-bond acceptors (Lipinski definition) is 2. The molecule has 0 radical (unpaired) electrons. The van der Waals surface area contributed by atoms with Gasteiger partial charge < -0.3 is 10.2 Å². The second-order valence-corrected chi connectivity index (χ2v) is 5.87. The Bertz CT molecular complexity index is 413. The van der Waals surface area contributed by atoms with E-state index < -0.39 is 0 Å². The minimum atomic E-state index is -0.0994. The van der Waals surface area contributed by atoms with Crippen LogP contribution in [-0.4, -0.2) is 19.1 Å². The van der Waals surface area contributed by atoms with Gasteiger partial charge in [-0.15, -0.1) is 0 Å². The van der Waals surface area contributed by atoms with Crippen LogP contribution in [-0.2, 0) is 6.54 Å². The summed E-state index contributed by atoms with van der Waals surface area (Å²) in [6, 6.07) is 6.30. The van der Waals surface area contributed by atoms with E-state index in [-0.39, 0.29) is 5.82 Å². The number of nitrogens with one attached hydrogen (secondary N) is 1. The highest BCUT2D eigenvalue weighted by atomic mass is 19.1. The van der Waals surface area contributed by atoms with Crippen molar-refractivity contribution in [3.05, 3.63) is 29.6 Å². The molecule has 0 unspecified atom stereocenters. The Kier molecular flexibility index (Phi) is 4.81. The summed E-state index contributed by atoms with van der Waals surface area (Å²) in [5.74, 6) is 0.438. The molecule has 0 spiro atoms. The first-order valence-electron chi connectivity index (χ1n) is 7.37. The minimum absolute atomic E-state index is 0.0994. The fourth-order valence-electron chi connectivity index (χ4n) is 2.31. The van der Waals surface area contributed by atoms with Crippen LogP contribution >= 0.6 is 0 Å². The molecular formula is C16H25FN2. The summed E-state index contributed by atoms with van der Waals surface area (Å²) in [5, 5.41) is 3.41. The molecule has 19 heavy (non-hydrogen) atoms. The molecule has 1 aromatic carbocycles. The van der Waals surface area contributed by atoms with E-state index in [4.69, 9.17) is 0 Å². The van der Waals surface area contributed by atoms with Crippen molar-refractivity contribution in [2.45, 2.75) is 46.2 Å². The van der Waals surface area contributed by atoms with Gasteiger partial charge in [-0.05, 0) is 43.4 Å². The van der Waals surface area contributed by atoms with Crippen molar-refractivity contribution >= 4 is 5.69 Å². The molecule has 0 amide bonds. The lowest BCUT2D eigenvalue weighted by atomic mass is 10.1. The summed E-state index contributed by atoms with van der Waals surface area (Å²) in [4.78, 5) is 2.11. The summed E-state index contributed by atoms with van der Waals surface area (Å²) in [7, 11) is 0. The Hall–Kier alpha value is -1.09. The molecule has 1 N–H and O–H groups in total. The van der Waals surface area contributed by atoms with Gasteiger partial charge in [-0.1, -0.05) is 19.9 Å². The zero-order valence-electron chi connectivity index (χ0n) is 12.2. The lowest BCUT2D eigenvalue weighted by Crippen LogP contribution is -2.28. The van der Waals surface area contributed by atoms with Gasteiger partial charge in [0.05, 0.1) is 5.69 Å². The molecule has 0 saturated heterocycles. The molecule has 0 heterocycles. The third kappa shape index (κ3) is 4.20. The second kappa shape index (κ2) is 6.38. The van der Waals surface area contributed by atoms with Crippen LogP contribution < -0.4 is 10.2 Å². The summed E-state index contributed by atoms with van der Waals surface area (Å²) < 4.78 is 14.2. The standard InChI is InChI=1S/C16H25FN2/c1-4-19(11-12(2)3)16-8-5-13(9-15(16)17)10-18-14-6-7-14/h5,8-9,12,14,18H,4,6-7,10-11H2,1-3H3. The molecule has 0 aliphatic heterocycles. The first-order valence-corrected chi connectivity index (χ1v) is 7.37. The highest BCUT2D eigenvalue weighted by molar-refractivity contribution is 5.49. The van der Waals surface area contributed by atoms with Gasteiger partial charge in [-0.25, -0.2) is 4.39 Å². The van der Waals surface area contributed by atoms with Gasteiger partial charge in [0.15, 0.2) is 0 Å². The summed E-state index contributed by atoms with van der Waals surface area (Å²) in [6.07, 6.45) is 2.52. The predicted molar refractivity (Wildman–Crippen MR) is 79.0 cm³/mol. The zero-order chi connectivity index (χ0) is 13.8. The fraction of sp³-hybridized carbons (Fsp3) is 0.625. The van der Waals surface area contributed by atoms with E-state index in [9.17, 15) is 4.39 Å². The number of anilines is 1. The molecule has 1 aliphatic carbocycles. The number of rotatable bonds is 7. The van der Waals surface area contributed by atoms with E-state index in [1.54, 1.807) is 6.07 Å². The Morgan fingerprint density at radius 3 is 2.63 bits per heavy atom. The molecular weight excluding hydrogens is 239 g/mol. The van der Waals surface area contributed by atoms with Crippen LogP contribution in [0.4, 0.5) is 10.1 Å². The number of benzene rings is 1. The van der Waals surface area contributed by atoms with E-state index in [2.05, 4.69) is 31.0 Å². The van der Waals surface area contributed by atoms with Crippen molar-refractivity contribution in [3.8, 4) is 0 Å². The molecule has 1 aromatic rings. The average Bonchev–Trinajstić information content (AvgIpc) is 3.18. The van der Waals surface area contributed by atoms with Crippen molar-refractivity contribution in [3.63, 3.8) is 0 Å². The number of halogens is 1. The Labute approximate surface area is 116 Å². The molecule has 0 bridgehead atoms. The van der Waals surface area contributed by atoms with E-state index >= 15 is 0 Å². The number of hydrogen-bond donors (Lipinski definition) is 1. The molecule has 1 fully saturated rings. The van der Waals surface area contributed by atoms with E-state index in [0.29, 0.717) is 12.0 Å². The summed E-state index contributed by atoms with van der Waals surface area (Å²) >= 11 is 0.